The highest BCUT2D eigenvalue weighted by Gasteiger charge is 2.28. The van der Waals surface area contributed by atoms with E-state index in [2.05, 4.69) is 8.92 Å². The molecule has 9 heteroatoms. The summed E-state index contributed by atoms with van der Waals surface area (Å²) in [7, 11) is -2.46. The third-order valence-electron chi connectivity index (χ3n) is 2.60. The summed E-state index contributed by atoms with van der Waals surface area (Å²) in [6.45, 7) is -0.319. The Morgan fingerprint density at radius 3 is 2.81 bits per heavy atom. The molecule has 1 unspecified atom stereocenters. The number of methoxy groups -OCH3 is 1. The van der Waals surface area contributed by atoms with Crippen LogP contribution in [0, 0.1) is 5.82 Å². The molecule has 1 aliphatic rings. The minimum atomic E-state index is -3.62. The van der Waals surface area contributed by atoms with E-state index in [1.807, 2.05) is 0 Å². The van der Waals surface area contributed by atoms with Gasteiger partial charge in [0, 0.05) is 6.07 Å². The Balaban J connectivity index is 2.21. The number of hydrogen-bond donors (Lipinski definition) is 0. The second kappa shape index (κ2) is 5.86. The van der Waals surface area contributed by atoms with Gasteiger partial charge >= 0.3 is 5.97 Å². The summed E-state index contributed by atoms with van der Waals surface area (Å²) >= 11 is 0. The molecular formula is C12H13FO7S. The van der Waals surface area contributed by atoms with Gasteiger partial charge in [-0.15, -0.1) is 0 Å². The Bertz CT molecular complexity index is 656. The zero-order valence-corrected chi connectivity index (χ0v) is 12.1. The van der Waals surface area contributed by atoms with Gasteiger partial charge in [-0.25, -0.2) is 9.18 Å². The summed E-state index contributed by atoms with van der Waals surface area (Å²) in [6.07, 6.45) is 0.166. The monoisotopic (exact) mass is 320 g/mol. The molecule has 7 nitrogen and oxygen atoms in total. The molecule has 0 radical (unpaired) electrons. The van der Waals surface area contributed by atoms with Crippen molar-refractivity contribution in [3.63, 3.8) is 0 Å². The zero-order chi connectivity index (χ0) is 15.6. The molecule has 0 bridgehead atoms. The van der Waals surface area contributed by atoms with Crippen molar-refractivity contribution in [2.45, 2.75) is 6.10 Å². The van der Waals surface area contributed by atoms with Crippen molar-refractivity contribution in [1.29, 1.82) is 0 Å². The number of hydrogen-bond acceptors (Lipinski definition) is 7. The standard InChI is InChI=1S/C12H13FO7S/c1-17-12(14)9-3-7(13)4-10-11(9)18-5-8(20-10)6-19-21(2,15)16/h3-4,8H,5-6H2,1-2H3. The second-order valence-electron chi connectivity index (χ2n) is 4.31. The van der Waals surface area contributed by atoms with Crippen molar-refractivity contribution in [1.82, 2.24) is 0 Å². The smallest absolute Gasteiger partial charge is 0.341 e. The number of carbonyl (C=O) groups is 1. The first-order valence-corrected chi connectivity index (χ1v) is 7.67. The molecule has 2 rings (SSSR count). The molecule has 1 aliphatic heterocycles. The molecule has 0 spiro atoms. The predicted molar refractivity (Wildman–Crippen MR) is 68.4 cm³/mol. The van der Waals surface area contributed by atoms with Crippen LogP contribution in [0.5, 0.6) is 11.5 Å². The lowest BCUT2D eigenvalue weighted by molar-refractivity contribution is 0.0488. The highest BCUT2D eigenvalue weighted by Crippen LogP contribution is 2.36. The van der Waals surface area contributed by atoms with Crippen molar-refractivity contribution in [3.05, 3.63) is 23.5 Å². The molecule has 0 amide bonds. The lowest BCUT2D eigenvalue weighted by Crippen LogP contribution is -2.34. The first-order valence-electron chi connectivity index (χ1n) is 5.86. The van der Waals surface area contributed by atoms with E-state index in [0.29, 0.717) is 0 Å². The fourth-order valence-electron chi connectivity index (χ4n) is 1.74. The number of esters is 1. The summed E-state index contributed by atoms with van der Waals surface area (Å²) in [5.41, 5.74) is -0.102. The van der Waals surface area contributed by atoms with Gasteiger partial charge in [0.1, 0.15) is 24.6 Å². The summed E-state index contributed by atoms with van der Waals surface area (Å²) in [4.78, 5) is 11.5. The van der Waals surface area contributed by atoms with E-state index in [0.717, 1.165) is 25.5 Å². The molecule has 1 aromatic rings. The number of rotatable bonds is 4. The van der Waals surface area contributed by atoms with E-state index in [4.69, 9.17) is 9.47 Å². The van der Waals surface area contributed by atoms with Crippen LogP contribution in [0.25, 0.3) is 0 Å². The molecule has 0 N–H and O–H groups in total. The lowest BCUT2D eigenvalue weighted by Gasteiger charge is -2.27. The summed E-state index contributed by atoms with van der Waals surface area (Å²) in [5, 5.41) is 0. The number of ether oxygens (including phenoxy) is 3. The van der Waals surface area contributed by atoms with Crippen LogP contribution in [0.3, 0.4) is 0 Å². The zero-order valence-electron chi connectivity index (χ0n) is 11.3. The maximum absolute atomic E-state index is 13.5. The maximum atomic E-state index is 13.5. The van der Waals surface area contributed by atoms with Crippen molar-refractivity contribution in [2.24, 2.45) is 0 Å². The SMILES string of the molecule is COC(=O)c1cc(F)cc2c1OCC(COS(C)(=O)=O)O2. The molecule has 0 saturated heterocycles. The fraction of sp³-hybridized carbons (Fsp3) is 0.417. The van der Waals surface area contributed by atoms with Crippen LogP contribution >= 0.6 is 0 Å². The third kappa shape index (κ3) is 3.82. The van der Waals surface area contributed by atoms with E-state index >= 15 is 0 Å². The second-order valence-corrected chi connectivity index (χ2v) is 5.96. The third-order valence-corrected chi connectivity index (χ3v) is 3.16. The van der Waals surface area contributed by atoms with E-state index in [1.165, 1.54) is 0 Å². The highest BCUT2D eigenvalue weighted by molar-refractivity contribution is 7.85. The van der Waals surface area contributed by atoms with Crippen LogP contribution < -0.4 is 9.47 Å². The number of halogens is 1. The van der Waals surface area contributed by atoms with Crippen LogP contribution in [0.15, 0.2) is 12.1 Å². The average Bonchev–Trinajstić information content (AvgIpc) is 2.42. The molecular weight excluding hydrogens is 307 g/mol. The minimum Gasteiger partial charge on any atom is -0.485 e. The quantitative estimate of drug-likeness (QED) is 0.597. The van der Waals surface area contributed by atoms with E-state index in [9.17, 15) is 17.6 Å². The molecule has 1 atom stereocenters. The minimum absolute atomic E-state index is 0.0104. The van der Waals surface area contributed by atoms with Gasteiger partial charge in [0.05, 0.1) is 13.4 Å². The molecule has 1 aromatic carbocycles. The Kier molecular flexibility index (Phi) is 4.33. The van der Waals surface area contributed by atoms with Gasteiger partial charge in [0.2, 0.25) is 0 Å². The Hall–Kier alpha value is -1.87. The van der Waals surface area contributed by atoms with Crippen molar-refractivity contribution < 1.29 is 36.0 Å². The van der Waals surface area contributed by atoms with Crippen LogP contribution in [-0.2, 0) is 19.0 Å². The molecule has 0 aliphatic carbocycles. The predicted octanol–water partition coefficient (Wildman–Crippen LogP) is 0.728. The van der Waals surface area contributed by atoms with Gasteiger partial charge in [0.15, 0.2) is 17.6 Å². The molecule has 1 heterocycles. The number of fused-ring (bicyclic) bond motifs is 1. The fourth-order valence-corrected chi connectivity index (χ4v) is 2.14. The van der Waals surface area contributed by atoms with E-state index in [1.54, 1.807) is 0 Å². The number of carbonyl (C=O) groups excluding carboxylic acids is 1. The van der Waals surface area contributed by atoms with Gasteiger partial charge in [-0.1, -0.05) is 0 Å². The van der Waals surface area contributed by atoms with Gasteiger partial charge < -0.3 is 14.2 Å². The lowest BCUT2D eigenvalue weighted by atomic mass is 10.1. The number of benzene rings is 1. The Labute approximate surface area is 120 Å². The molecule has 0 saturated carbocycles. The van der Waals surface area contributed by atoms with Crippen molar-refractivity contribution in [3.8, 4) is 11.5 Å². The summed E-state index contributed by atoms with van der Waals surface area (Å²) in [6, 6.07) is 2.01. The first kappa shape index (κ1) is 15.5. The Morgan fingerprint density at radius 2 is 2.19 bits per heavy atom. The maximum Gasteiger partial charge on any atom is 0.341 e. The highest BCUT2D eigenvalue weighted by atomic mass is 32.2. The van der Waals surface area contributed by atoms with Gasteiger partial charge in [0.25, 0.3) is 10.1 Å². The summed E-state index contributed by atoms with van der Waals surface area (Å²) < 4.78 is 55.2. The van der Waals surface area contributed by atoms with Gasteiger partial charge in [-0.05, 0) is 6.07 Å². The largest absolute Gasteiger partial charge is 0.485 e. The van der Waals surface area contributed by atoms with Crippen molar-refractivity contribution in [2.75, 3.05) is 26.6 Å². The van der Waals surface area contributed by atoms with E-state index < -0.39 is 28.0 Å². The molecule has 0 fully saturated rings. The molecule has 0 aromatic heterocycles. The average molecular weight is 320 g/mol. The Morgan fingerprint density at radius 1 is 1.48 bits per heavy atom. The van der Waals surface area contributed by atoms with Crippen LogP contribution in [0.2, 0.25) is 0 Å². The van der Waals surface area contributed by atoms with Crippen molar-refractivity contribution >= 4 is 16.1 Å². The van der Waals surface area contributed by atoms with Gasteiger partial charge in [-0.3, -0.25) is 4.18 Å². The topological polar surface area (TPSA) is 88.1 Å². The molecule has 116 valence electrons. The van der Waals surface area contributed by atoms with Gasteiger partial charge in [-0.2, -0.15) is 8.42 Å². The molecule has 21 heavy (non-hydrogen) atoms. The first-order chi connectivity index (χ1) is 9.80. The van der Waals surface area contributed by atoms with Crippen LogP contribution in [0.4, 0.5) is 4.39 Å². The van der Waals surface area contributed by atoms with Crippen LogP contribution in [0.1, 0.15) is 10.4 Å². The van der Waals surface area contributed by atoms with E-state index in [-0.39, 0.29) is 30.3 Å². The summed E-state index contributed by atoms with van der Waals surface area (Å²) in [5.74, 6) is -1.43. The van der Waals surface area contributed by atoms with Crippen LogP contribution in [-0.4, -0.2) is 47.1 Å². The normalized spacial score (nSPS) is 17.4.